The molecule has 0 aromatic rings. The zero-order chi connectivity index (χ0) is 52.0. The summed E-state index contributed by atoms with van der Waals surface area (Å²) >= 11 is 0. The second-order valence-corrected chi connectivity index (χ2v) is 20.5. The average Bonchev–Trinajstić information content (AvgIpc) is 3.26. The Morgan fingerprint density at radius 3 is 0.913 bits per heavy atom. The van der Waals surface area contributed by atoms with Gasteiger partial charge < -0.3 is 45.0 Å². The SMILES string of the molecule is CNC(CC(C)C)C(=O)OCOC(=O)C(CC(C)C)NC(=O)CCCCCCCCC(=O)NC(CC(C)C)C(=O)OCCCCCCOC(=O)C(CC(C)C)NC(=O)CCCCCCCCC(C)=O. The molecule has 4 unspecified atom stereocenters. The summed E-state index contributed by atoms with van der Waals surface area (Å²) in [6.45, 7) is 17.4. The van der Waals surface area contributed by atoms with Gasteiger partial charge in [-0.15, -0.1) is 0 Å². The van der Waals surface area contributed by atoms with E-state index in [9.17, 15) is 38.4 Å². The van der Waals surface area contributed by atoms with Gasteiger partial charge in [-0.05, 0) is 115 Å². The average molecular weight is 981 g/mol. The Bertz CT molecular complexity index is 1470. The van der Waals surface area contributed by atoms with Crippen molar-refractivity contribution in [2.45, 2.75) is 241 Å². The van der Waals surface area contributed by atoms with Gasteiger partial charge in [-0.25, -0.2) is 14.4 Å². The Morgan fingerprint density at radius 2 is 0.609 bits per heavy atom. The van der Waals surface area contributed by atoms with Gasteiger partial charge in [0, 0.05) is 25.7 Å². The number of likely N-dealkylation sites (N-methyl/N-ethyl adjacent to an activating group) is 1. The summed E-state index contributed by atoms with van der Waals surface area (Å²) in [4.78, 5) is 100. The van der Waals surface area contributed by atoms with Gasteiger partial charge in [0.2, 0.25) is 24.5 Å². The molecule has 0 spiro atoms. The smallest absolute Gasteiger partial charge is 0.331 e. The molecule has 16 heteroatoms. The standard InChI is InChI=1S/C53H96N4O12/c1-38(2)33-43(54-10)50(62)68-37-69-53(65)46(36-41(7)8)57-49(61)30-24-18-14-13-17-23-29-48(60)56-45(35-40(5)6)52(64)67-32-26-20-19-25-31-66-51(63)44(34-39(3)4)55-47(59)28-22-16-12-11-15-21-27-42(9)58/h38-41,43-46,54H,11-37H2,1-10H3,(H,55,59)(H,56,60)(H,57,61). The molecule has 0 bridgehead atoms. The fraction of sp³-hybridized carbons (Fsp3) is 0.849. The van der Waals surface area contributed by atoms with Crippen LogP contribution in [0.2, 0.25) is 0 Å². The molecule has 69 heavy (non-hydrogen) atoms. The first-order valence-corrected chi connectivity index (χ1v) is 26.5. The minimum Gasteiger partial charge on any atom is -0.464 e. The first-order chi connectivity index (χ1) is 32.7. The number of Topliss-reactive ketones (excluding diaryl/α,β-unsaturated/α-hetero) is 1. The maximum Gasteiger partial charge on any atom is 0.331 e. The summed E-state index contributed by atoms with van der Waals surface area (Å²) in [5.74, 6) is -1.58. The first kappa shape index (κ1) is 64.9. The van der Waals surface area contributed by atoms with Crippen LogP contribution in [0, 0.1) is 23.7 Å². The Labute approximate surface area is 416 Å². The predicted octanol–water partition coefficient (Wildman–Crippen LogP) is 8.73. The number of nitrogens with one attached hydrogen (secondary N) is 4. The highest BCUT2D eigenvalue weighted by molar-refractivity contribution is 5.86. The molecule has 0 aliphatic carbocycles. The molecule has 400 valence electrons. The predicted molar refractivity (Wildman–Crippen MR) is 268 cm³/mol. The molecule has 0 saturated carbocycles. The summed E-state index contributed by atoms with van der Waals surface area (Å²) in [5, 5.41) is 11.4. The van der Waals surface area contributed by atoms with Gasteiger partial charge >= 0.3 is 23.9 Å². The number of rotatable bonds is 43. The van der Waals surface area contributed by atoms with Crippen molar-refractivity contribution in [3.8, 4) is 0 Å². The van der Waals surface area contributed by atoms with Crippen LogP contribution in [0.25, 0.3) is 0 Å². The normalized spacial score (nSPS) is 13.1. The van der Waals surface area contributed by atoms with Crippen LogP contribution in [0.4, 0.5) is 0 Å². The molecule has 0 aromatic heterocycles. The minimum absolute atomic E-state index is 0.119. The maximum atomic E-state index is 13.0. The number of hydrogen-bond acceptors (Lipinski definition) is 13. The Hall–Kier alpha value is -4.08. The number of esters is 4. The van der Waals surface area contributed by atoms with Crippen molar-refractivity contribution in [2.75, 3.05) is 27.1 Å². The molecule has 0 fully saturated rings. The number of amides is 3. The topological polar surface area (TPSA) is 222 Å². The van der Waals surface area contributed by atoms with Gasteiger partial charge in [0.1, 0.15) is 30.0 Å². The lowest BCUT2D eigenvalue weighted by Crippen LogP contribution is -2.43. The molecule has 0 heterocycles. The van der Waals surface area contributed by atoms with Crippen LogP contribution in [0.15, 0.2) is 0 Å². The summed E-state index contributed by atoms with van der Waals surface area (Å²) in [5.41, 5.74) is 0. The summed E-state index contributed by atoms with van der Waals surface area (Å²) in [7, 11) is 1.67. The molecular formula is C53H96N4O12. The van der Waals surface area contributed by atoms with E-state index in [1.165, 1.54) is 0 Å². The highest BCUT2D eigenvalue weighted by Crippen LogP contribution is 2.15. The van der Waals surface area contributed by atoms with E-state index in [-0.39, 0.29) is 66.8 Å². The van der Waals surface area contributed by atoms with E-state index in [0.29, 0.717) is 70.6 Å². The van der Waals surface area contributed by atoms with Crippen molar-refractivity contribution < 1.29 is 57.3 Å². The van der Waals surface area contributed by atoms with Crippen molar-refractivity contribution >= 4 is 47.4 Å². The quantitative estimate of drug-likeness (QED) is 0.0195. The van der Waals surface area contributed by atoms with Crippen LogP contribution in [-0.4, -0.2) is 98.6 Å². The third kappa shape index (κ3) is 37.4. The number of carbonyl (C=O) groups excluding carboxylic acids is 8. The molecule has 4 N–H and O–H groups in total. The zero-order valence-electron chi connectivity index (χ0n) is 44.6. The first-order valence-electron chi connectivity index (χ1n) is 26.5. The van der Waals surface area contributed by atoms with Gasteiger partial charge in [0.15, 0.2) is 0 Å². The van der Waals surface area contributed by atoms with Crippen LogP contribution < -0.4 is 21.3 Å². The molecule has 0 saturated heterocycles. The maximum absolute atomic E-state index is 13.0. The van der Waals surface area contributed by atoms with E-state index in [4.69, 9.17) is 18.9 Å². The zero-order valence-corrected chi connectivity index (χ0v) is 44.6. The second kappa shape index (κ2) is 40.6. The fourth-order valence-electron chi connectivity index (χ4n) is 7.76. The summed E-state index contributed by atoms with van der Waals surface area (Å²) in [6, 6.07) is -2.74. The molecule has 0 rings (SSSR count). The highest BCUT2D eigenvalue weighted by atomic mass is 16.7. The number of ether oxygens (including phenoxy) is 4. The van der Waals surface area contributed by atoms with E-state index < -0.39 is 54.8 Å². The Balaban J connectivity index is 4.41. The van der Waals surface area contributed by atoms with Crippen molar-refractivity contribution in [1.82, 2.24) is 21.3 Å². The van der Waals surface area contributed by atoms with Crippen LogP contribution in [0.5, 0.6) is 0 Å². The molecule has 0 aromatic carbocycles. The minimum atomic E-state index is -0.840. The van der Waals surface area contributed by atoms with E-state index in [2.05, 4.69) is 21.3 Å². The fourth-order valence-corrected chi connectivity index (χ4v) is 7.76. The van der Waals surface area contributed by atoms with Gasteiger partial charge in [-0.2, -0.15) is 0 Å². The van der Waals surface area contributed by atoms with Crippen LogP contribution >= 0.6 is 0 Å². The van der Waals surface area contributed by atoms with Crippen molar-refractivity contribution in [3.63, 3.8) is 0 Å². The summed E-state index contributed by atoms with van der Waals surface area (Å²) < 4.78 is 21.4. The van der Waals surface area contributed by atoms with Crippen LogP contribution in [0.3, 0.4) is 0 Å². The van der Waals surface area contributed by atoms with E-state index in [0.717, 1.165) is 77.0 Å². The van der Waals surface area contributed by atoms with Crippen molar-refractivity contribution in [1.29, 1.82) is 0 Å². The van der Waals surface area contributed by atoms with Crippen LogP contribution in [-0.2, 0) is 57.3 Å². The summed E-state index contributed by atoms with van der Waals surface area (Å²) in [6.07, 6.45) is 16.8. The van der Waals surface area contributed by atoms with E-state index in [1.807, 2.05) is 55.4 Å². The molecule has 0 aliphatic rings. The van der Waals surface area contributed by atoms with Crippen LogP contribution in [0.1, 0.15) is 216 Å². The lowest BCUT2D eigenvalue weighted by atomic mass is 10.0. The van der Waals surface area contributed by atoms with E-state index in [1.54, 1.807) is 14.0 Å². The largest absolute Gasteiger partial charge is 0.464 e. The monoisotopic (exact) mass is 981 g/mol. The van der Waals surface area contributed by atoms with E-state index >= 15 is 0 Å². The molecule has 0 aliphatic heterocycles. The molecule has 0 radical (unpaired) electrons. The van der Waals surface area contributed by atoms with Crippen molar-refractivity contribution in [3.05, 3.63) is 0 Å². The molecule has 16 nitrogen and oxygen atoms in total. The Morgan fingerprint density at radius 1 is 0.348 bits per heavy atom. The Kier molecular flexibility index (Phi) is 38.2. The third-order valence-corrected chi connectivity index (χ3v) is 11.5. The molecular weight excluding hydrogens is 885 g/mol. The molecule has 3 amide bonds. The number of unbranched alkanes of at least 4 members (excludes halogenated alkanes) is 13. The van der Waals surface area contributed by atoms with Crippen molar-refractivity contribution in [2.24, 2.45) is 23.7 Å². The lowest BCUT2D eigenvalue weighted by molar-refractivity contribution is -0.171. The van der Waals surface area contributed by atoms with Gasteiger partial charge in [-0.3, -0.25) is 19.2 Å². The number of carbonyl (C=O) groups is 8. The number of ketones is 1. The molecule has 4 atom stereocenters. The van der Waals surface area contributed by atoms with Gasteiger partial charge in [-0.1, -0.05) is 107 Å². The lowest BCUT2D eigenvalue weighted by Gasteiger charge is -2.20. The van der Waals surface area contributed by atoms with Gasteiger partial charge in [0.05, 0.1) is 13.2 Å². The third-order valence-electron chi connectivity index (χ3n) is 11.5. The second-order valence-electron chi connectivity index (χ2n) is 20.5. The number of hydrogen-bond donors (Lipinski definition) is 4. The highest BCUT2D eigenvalue weighted by Gasteiger charge is 2.27. The van der Waals surface area contributed by atoms with Gasteiger partial charge in [0.25, 0.3) is 0 Å².